The van der Waals surface area contributed by atoms with Gasteiger partial charge in [0.25, 0.3) is 15.0 Å². The maximum atomic E-state index is 12.0. The van der Waals surface area contributed by atoms with E-state index in [-0.39, 0.29) is 16.5 Å². The van der Waals surface area contributed by atoms with Crippen LogP contribution in [0.2, 0.25) is 0 Å². The van der Waals surface area contributed by atoms with Gasteiger partial charge < -0.3 is 5.32 Å². The van der Waals surface area contributed by atoms with Crippen LogP contribution in [-0.2, 0) is 9.05 Å². The third-order valence-electron chi connectivity index (χ3n) is 2.65. The van der Waals surface area contributed by atoms with Crippen molar-refractivity contribution in [2.24, 2.45) is 0 Å². The molecule has 0 aliphatic rings. The molecule has 0 fully saturated rings. The zero-order chi connectivity index (χ0) is 14.6. The second kappa shape index (κ2) is 6.09. The van der Waals surface area contributed by atoms with Crippen LogP contribution in [0.5, 0.6) is 0 Å². The zero-order valence-electron chi connectivity index (χ0n) is 10.6. The van der Waals surface area contributed by atoms with E-state index < -0.39 is 15.0 Å². The topological polar surface area (TPSA) is 63.2 Å². The highest BCUT2D eigenvalue weighted by Gasteiger charge is 2.17. The van der Waals surface area contributed by atoms with Crippen LogP contribution in [0.25, 0.3) is 0 Å². The van der Waals surface area contributed by atoms with Gasteiger partial charge in [0, 0.05) is 16.2 Å². The monoisotopic (exact) mass is 299 g/mol. The first-order valence-electron chi connectivity index (χ1n) is 5.62. The molecule has 1 atom stereocenters. The van der Waals surface area contributed by atoms with Gasteiger partial charge in [-0.15, -0.1) is 6.42 Å². The lowest BCUT2D eigenvalue weighted by Crippen LogP contribution is -2.33. The first kappa shape index (κ1) is 15.5. The van der Waals surface area contributed by atoms with Crippen LogP contribution in [-0.4, -0.2) is 20.4 Å². The number of carbonyl (C=O) groups excluding carboxylic acids is 1. The van der Waals surface area contributed by atoms with E-state index in [2.05, 4.69) is 11.2 Å². The van der Waals surface area contributed by atoms with Crippen molar-refractivity contribution in [1.29, 1.82) is 0 Å². The molecule has 102 valence electrons. The summed E-state index contributed by atoms with van der Waals surface area (Å²) in [6.07, 6.45) is 5.86. The number of hydrogen-bond donors (Lipinski definition) is 1. The number of hydrogen-bond acceptors (Lipinski definition) is 3. The van der Waals surface area contributed by atoms with Gasteiger partial charge in [-0.2, -0.15) is 0 Å². The molecule has 0 spiro atoms. The van der Waals surface area contributed by atoms with E-state index in [1.165, 1.54) is 18.2 Å². The van der Waals surface area contributed by atoms with Crippen LogP contribution in [0.3, 0.4) is 0 Å². The van der Waals surface area contributed by atoms with Crippen LogP contribution in [0, 0.1) is 19.3 Å². The predicted molar refractivity (Wildman–Crippen MR) is 74.6 cm³/mol. The second-order valence-corrected chi connectivity index (χ2v) is 6.58. The van der Waals surface area contributed by atoms with Gasteiger partial charge in [-0.3, -0.25) is 4.79 Å². The maximum absolute atomic E-state index is 12.0. The van der Waals surface area contributed by atoms with Crippen LogP contribution in [0.15, 0.2) is 23.1 Å². The zero-order valence-corrected chi connectivity index (χ0v) is 12.2. The molecule has 1 rings (SSSR count). The van der Waals surface area contributed by atoms with E-state index in [9.17, 15) is 13.2 Å². The smallest absolute Gasteiger partial charge is 0.261 e. The minimum Gasteiger partial charge on any atom is -0.338 e. The molecule has 19 heavy (non-hydrogen) atoms. The van der Waals surface area contributed by atoms with Gasteiger partial charge in [-0.05, 0) is 31.0 Å². The van der Waals surface area contributed by atoms with Gasteiger partial charge >= 0.3 is 0 Å². The standard InChI is InChI=1S/C13H14ClNO3S/c1-4-10(5-2)15-13(16)12-8-11(19(14,17)18)7-6-9(12)3/h1,6-8,10H,5H2,2-3H3,(H,15,16). The molecular formula is C13H14ClNO3S. The number of rotatable bonds is 4. The van der Waals surface area contributed by atoms with Gasteiger partial charge in [0.2, 0.25) is 0 Å². The highest BCUT2D eigenvalue weighted by molar-refractivity contribution is 8.13. The summed E-state index contributed by atoms with van der Waals surface area (Å²) in [5.74, 6) is 2.03. The van der Waals surface area contributed by atoms with E-state index in [0.29, 0.717) is 12.0 Å². The van der Waals surface area contributed by atoms with Crippen LogP contribution >= 0.6 is 10.7 Å². The molecule has 0 heterocycles. The number of carbonyl (C=O) groups is 1. The average molecular weight is 300 g/mol. The minimum absolute atomic E-state index is 0.112. The van der Waals surface area contributed by atoms with Gasteiger partial charge in [0.1, 0.15) is 0 Å². The minimum atomic E-state index is -3.86. The molecule has 0 saturated carbocycles. The Kier molecular flexibility index (Phi) is 4.98. The molecule has 6 heteroatoms. The molecule has 1 amide bonds. The first-order chi connectivity index (χ1) is 8.79. The van der Waals surface area contributed by atoms with Gasteiger partial charge in [0.15, 0.2) is 0 Å². The van der Waals surface area contributed by atoms with Crippen molar-refractivity contribution in [3.63, 3.8) is 0 Å². The first-order valence-corrected chi connectivity index (χ1v) is 7.92. The summed E-state index contributed by atoms with van der Waals surface area (Å²) in [5.41, 5.74) is 0.892. The number of terminal acetylenes is 1. The fourth-order valence-corrected chi connectivity index (χ4v) is 2.27. The van der Waals surface area contributed by atoms with Gasteiger partial charge in [-0.1, -0.05) is 18.9 Å². The van der Waals surface area contributed by atoms with E-state index in [0.717, 1.165) is 0 Å². The van der Waals surface area contributed by atoms with Crippen LogP contribution in [0.4, 0.5) is 0 Å². The number of halogens is 1. The summed E-state index contributed by atoms with van der Waals surface area (Å²) >= 11 is 0. The Labute approximate surface area is 117 Å². The maximum Gasteiger partial charge on any atom is 0.261 e. The highest BCUT2D eigenvalue weighted by Crippen LogP contribution is 2.19. The summed E-state index contributed by atoms with van der Waals surface area (Å²) in [6, 6.07) is 3.74. The largest absolute Gasteiger partial charge is 0.338 e. The number of aryl methyl sites for hydroxylation is 1. The lowest BCUT2D eigenvalue weighted by Gasteiger charge is -2.12. The molecule has 1 aromatic rings. The van der Waals surface area contributed by atoms with Gasteiger partial charge in [0.05, 0.1) is 10.9 Å². The Morgan fingerprint density at radius 2 is 2.16 bits per heavy atom. The predicted octanol–water partition coefficient (Wildman–Crippen LogP) is 2.06. The van der Waals surface area contributed by atoms with Crippen molar-refractivity contribution in [3.05, 3.63) is 29.3 Å². The molecule has 0 saturated heterocycles. The van der Waals surface area contributed by atoms with Crippen molar-refractivity contribution in [3.8, 4) is 12.3 Å². The van der Waals surface area contributed by atoms with Crippen molar-refractivity contribution in [1.82, 2.24) is 5.32 Å². The van der Waals surface area contributed by atoms with E-state index in [4.69, 9.17) is 17.1 Å². The lowest BCUT2D eigenvalue weighted by molar-refractivity contribution is 0.0944. The molecule has 0 radical (unpaired) electrons. The van der Waals surface area contributed by atoms with Crippen molar-refractivity contribution in [2.75, 3.05) is 0 Å². The number of benzene rings is 1. The normalized spacial score (nSPS) is 12.5. The third-order valence-corrected chi connectivity index (χ3v) is 4.00. The molecule has 1 aromatic carbocycles. The van der Waals surface area contributed by atoms with Crippen molar-refractivity contribution in [2.45, 2.75) is 31.2 Å². The fourth-order valence-electron chi connectivity index (χ4n) is 1.49. The van der Waals surface area contributed by atoms with Crippen LogP contribution < -0.4 is 5.32 Å². The summed E-state index contributed by atoms with van der Waals surface area (Å²) < 4.78 is 22.5. The fraction of sp³-hybridized carbons (Fsp3) is 0.308. The van der Waals surface area contributed by atoms with Crippen molar-refractivity contribution >= 4 is 25.6 Å². The van der Waals surface area contributed by atoms with E-state index in [1.807, 2.05) is 6.92 Å². The molecular weight excluding hydrogens is 286 g/mol. The Morgan fingerprint density at radius 1 is 1.53 bits per heavy atom. The SMILES string of the molecule is C#CC(CC)NC(=O)c1cc(S(=O)(=O)Cl)ccc1C. The average Bonchev–Trinajstić information content (AvgIpc) is 2.34. The summed E-state index contributed by atoms with van der Waals surface area (Å²) in [5, 5.41) is 2.64. The Balaban J connectivity index is 3.14. The molecule has 0 aliphatic heterocycles. The molecule has 4 nitrogen and oxygen atoms in total. The highest BCUT2D eigenvalue weighted by atomic mass is 35.7. The molecule has 0 aliphatic carbocycles. The Hall–Kier alpha value is -1.51. The Bertz CT molecular complexity index is 632. The summed E-state index contributed by atoms with van der Waals surface area (Å²) in [7, 11) is 1.39. The molecule has 0 bridgehead atoms. The Morgan fingerprint density at radius 3 is 2.63 bits per heavy atom. The molecule has 1 N–H and O–H groups in total. The van der Waals surface area contributed by atoms with Gasteiger partial charge in [-0.25, -0.2) is 8.42 Å². The quantitative estimate of drug-likeness (QED) is 0.684. The third kappa shape index (κ3) is 3.98. The van der Waals surface area contributed by atoms with Crippen molar-refractivity contribution < 1.29 is 13.2 Å². The second-order valence-electron chi connectivity index (χ2n) is 4.02. The lowest BCUT2D eigenvalue weighted by atomic mass is 10.1. The molecule has 1 unspecified atom stereocenters. The summed E-state index contributed by atoms with van der Waals surface area (Å²) in [4.78, 5) is 11.9. The van der Waals surface area contributed by atoms with E-state index in [1.54, 1.807) is 6.92 Å². The summed E-state index contributed by atoms with van der Waals surface area (Å²) in [6.45, 7) is 3.55. The van der Waals surface area contributed by atoms with Crippen LogP contribution in [0.1, 0.15) is 29.3 Å². The molecule has 0 aromatic heterocycles. The van der Waals surface area contributed by atoms with E-state index >= 15 is 0 Å². The number of nitrogens with one attached hydrogen (secondary N) is 1. The number of amides is 1.